The van der Waals surface area contributed by atoms with Crippen molar-refractivity contribution < 1.29 is 9.15 Å². The summed E-state index contributed by atoms with van der Waals surface area (Å²) in [5, 5.41) is 3.54. The minimum atomic E-state index is 0.0977. The fourth-order valence-electron chi connectivity index (χ4n) is 3.27. The highest BCUT2D eigenvalue weighted by atomic mass is 16.5. The van der Waals surface area contributed by atoms with Crippen LogP contribution in [0, 0.1) is 13.8 Å². The van der Waals surface area contributed by atoms with E-state index in [1.165, 1.54) is 31.2 Å². The highest BCUT2D eigenvalue weighted by molar-refractivity contribution is 5.24. The van der Waals surface area contributed by atoms with Gasteiger partial charge in [-0.15, -0.1) is 0 Å². The molecule has 1 spiro atoms. The van der Waals surface area contributed by atoms with Crippen LogP contribution < -0.4 is 5.32 Å². The van der Waals surface area contributed by atoms with Crippen molar-refractivity contribution in [3.05, 3.63) is 23.2 Å². The predicted octanol–water partition coefficient (Wildman–Crippen LogP) is 2.87. The van der Waals surface area contributed by atoms with Gasteiger partial charge in [0, 0.05) is 18.7 Å². The van der Waals surface area contributed by atoms with Crippen molar-refractivity contribution in [2.24, 2.45) is 0 Å². The Labute approximate surface area is 103 Å². The van der Waals surface area contributed by atoms with Crippen LogP contribution in [0.5, 0.6) is 0 Å². The Bertz CT molecular complexity index is 404. The summed E-state index contributed by atoms with van der Waals surface area (Å²) in [5.74, 6) is 1.98. The molecule has 1 saturated carbocycles. The molecule has 0 amide bonds. The Balaban J connectivity index is 1.82. The van der Waals surface area contributed by atoms with Gasteiger partial charge in [-0.05, 0) is 32.8 Å². The Kier molecular flexibility index (Phi) is 2.75. The lowest BCUT2D eigenvalue weighted by molar-refractivity contribution is -0.114. The fraction of sp³-hybridized carbons (Fsp3) is 0.714. The summed E-state index contributed by atoms with van der Waals surface area (Å²) in [6, 6.07) is 2.12. The van der Waals surface area contributed by atoms with Gasteiger partial charge in [-0.1, -0.05) is 12.8 Å². The lowest BCUT2D eigenvalue weighted by atomic mass is 9.97. The van der Waals surface area contributed by atoms with E-state index in [2.05, 4.69) is 11.4 Å². The van der Waals surface area contributed by atoms with Crippen molar-refractivity contribution in [1.82, 2.24) is 5.32 Å². The van der Waals surface area contributed by atoms with Gasteiger partial charge >= 0.3 is 0 Å². The molecule has 1 N–H and O–H groups in total. The maximum Gasteiger partial charge on any atom is 0.106 e. The van der Waals surface area contributed by atoms with Gasteiger partial charge in [0.15, 0.2) is 0 Å². The average molecular weight is 235 g/mol. The number of morpholine rings is 1. The zero-order chi connectivity index (χ0) is 11.9. The summed E-state index contributed by atoms with van der Waals surface area (Å²) < 4.78 is 12.0. The Morgan fingerprint density at radius 3 is 2.71 bits per heavy atom. The number of furan rings is 1. The molecule has 2 aliphatic rings. The summed E-state index contributed by atoms with van der Waals surface area (Å²) in [6.45, 7) is 5.95. The second-order valence-corrected chi connectivity index (χ2v) is 5.50. The Morgan fingerprint density at radius 2 is 2.06 bits per heavy atom. The van der Waals surface area contributed by atoms with Gasteiger partial charge in [-0.2, -0.15) is 0 Å². The number of aryl methyl sites for hydroxylation is 2. The zero-order valence-electron chi connectivity index (χ0n) is 10.7. The lowest BCUT2D eigenvalue weighted by Crippen LogP contribution is -2.49. The van der Waals surface area contributed by atoms with Crippen molar-refractivity contribution in [1.29, 1.82) is 0 Å². The van der Waals surface area contributed by atoms with Gasteiger partial charge in [0.2, 0.25) is 0 Å². The molecule has 0 bridgehead atoms. The Hall–Kier alpha value is -0.800. The fourth-order valence-corrected chi connectivity index (χ4v) is 3.27. The first-order valence-corrected chi connectivity index (χ1v) is 6.64. The minimum Gasteiger partial charge on any atom is -0.466 e. The molecule has 3 nitrogen and oxygen atoms in total. The second-order valence-electron chi connectivity index (χ2n) is 5.50. The first kappa shape index (κ1) is 11.3. The smallest absolute Gasteiger partial charge is 0.106 e. The van der Waals surface area contributed by atoms with Crippen LogP contribution in [-0.4, -0.2) is 18.7 Å². The molecular formula is C14H21NO2. The molecule has 1 aliphatic carbocycles. The summed E-state index contributed by atoms with van der Waals surface area (Å²) in [6.07, 6.45) is 5.17. The maximum atomic E-state index is 6.39. The molecule has 1 aromatic rings. The third kappa shape index (κ3) is 2.02. The van der Waals surface area contributed by atoms with Gasteiger partial charge < -0.3 is 14.5 Å². The number of hydrogen-bond donors (Lipinski definition) is 1. The summed E-state index contributed by atoms with van der Waals surface area (Å²) in [5.41, 5.74) is 1.32. The van der Waals surface area contributed by atoms with E-state index in [1.54, 1.807) is 0 Å². The van der Waals surface area contributed by atoms with E-state index in [9.17, 15) is 0 Å². The van der Waals surface area contributed by atoms with Crippen LogP contribution in [0.15, 0.2) is 10.5 Å². The van der Waals surface area contributed by atoms with Crippen molar-refractivity contribution in [3.63, 3.8) is 0 Å². The normalized spacial score (nSPS) is 27.8. The van der Waals surface area contributed by atoms with Crippen LogP contribution in [0.3, 0.4) is 0 Å². The van der Waals surface area contributed by atoms with Crippen LogP contribution in [0.1, 0.15) is 48.9 Å². The topological polar surface area (TPSA) is 34.4 Å². The zero-order valence-corrected chi connectivity index (χ0v) is 10.7. The SMILES string of the molecule is Cc1cc(C2CNCC3(CCCC3)O2)c(C)o1. The van der Waals surface area contributed by atoms with Crippen LogP contribution in [-0.2, 0) is 4.74 Å². The van der Waals surface area contributed by atoms with Crippen molar-refractivity contribution in [3.8, 4) is 0 Å². The molecule has 1 atom stereocenters. The van der Waals surface area contributed by atoms with E-state index in [-0.39, 0.29) is 11.7 Å². The van der Waals surface area contributed by atoms with Crippen molar-refractivity contribution in [2.45, 2.75) is 51.2 Å². The van der Waals surface area contributed by atoms with Crippen molar-refractivity contribution in [2.75, 3.05) is 13.1 Å². The lowest BCUT2D eigenvalue weighted by Gasteiger charge is -2.39. The molecule has 2 fully saturated rings. The first-order valence-electron chi connectivity index (χ1n) is 6.64. The van der Waals surface area contributed by atoms with E-state index >= 15 is 0 Å². The van der Waals surface area contributed by atoms with E-state index in [0.29, 0.717) is 0 Å². The highest BCUT2D eigenvalue weighted by Gasteiger charge is 2.40. The summed E-state index contributed by atoms with van der Waals surface area (Å²) in [7, 11) is 0. The van der Waals surface area contributed by atoms with Gasteiger partial charge in [0.05, 0.1) is 11.7 Å². The number of hydrogen-bond acceptors (Lipinski definition) is 3. The van der Waals surface area contributed by atoms with E-state index in [1.807, 2.05) is 13.8 Å². The maximum absolute atomic E-state index is 6.39. The third-order valence-corrected chi connectivity index (χ3v) is 4.11. The quantitative estimate of drug-likeness (QED) is 0.812. The van der Waals surface area contributed by atoms with Crippen LogP contribution in [0.25, 0.3) is 0 Å². The highest BCUT2D eigenvalue weighted by Crippen LogP contribution is 2.40. The molecule has 1 aliphatic heterocycles. The molecule has 1 aromatic heterocycles. The number of rotatable bonds is 1. The monoisotopic (exact) mass is 235 g/mol. The molecule has 94 valence electrons. The van der Waals surface area contributed by atoms with Crippen LogP contribution in [0.2, 0.25) is 0 Å². The average Bonchev–Trinajstić information content (AvgIpc) is 2.86. The van der Waals surface area contributed by atoms with Gasteiger partial charge in [-0.3, -0.25) is 0 Å². The molecule has 0 radical (unpaired) electrons. The molecule has 3 rings (SSSR count). The largest absolute Gasteiger partial charge is 0.466 e. The molecule has 1 unspecified atom stereocenters. The van der Waals surface area contributed by atoms with Crippen molar-refractivity contribution >= 4 is 0 Å². The predicted molar refractivity (Wildman–Crippen MR) is 66.1 cm³/mol. The standard InChI is InChI=1S/C14H21NO2/c1-10-7-12(11(2)16-10)13-8-15-9-14(17-13)5-3-4-6-14/h7,13,15H,3-6,8-9H2,1-2H3. The molecule has 2 heterocycles. The molecular weight excluding hydrogens is 214 g/mol. The Morgan fingerprint density at radius 1 is 1.29 bits per heavy atom. The molecule has 3 heteroatoms. The first-order chi connectivity index (χ1) is 8.19. The second kappa shape index (κ2) is 4.14. The minimum absolute atomic E-state index is 0.0977. The van der Waals surface area contributed by atoms with E-state index < -0.39 is 0 Å². The third-order valence-electron chi connectivity index (χ3n) is 4.11. The number of nitrogens with one attached hydrogen (secondary N) is 1. The number of ether oxygens (including phenoxy) is 1. The van der Waals surface area contributed by atoms with Gasteiger partial charge in [0.25, 0.3) is 0 Å². The van der Waals surface area contributed by atoms with Gasteiger partial charge in [0.1, 0.15) is 11.5 Å². The van der Waals surface area contributed by atoms with E-state index in [4.69, 9.17) is 9.15 Å². The molecule has 17 heavy (non-hydrogen) atoms. The molecule has 0 aromatic carbocycles. The summed E-state index contributed by atoms with van der Waals surface area (Å²) in [4.78, 5) is 0. The van der Waals surface area contributed by atoms with Crippen LogP contribution >= 0.6 is 0 Å². The summed E-state index contributed by atoms with van der Waals surface area (Å²) >= 11 is 0. The molecule has 1 saturated heterocycles. The van der Waals surface area contributed by atoms with Crippen LogP contribution in [0.4, 0.5) is 0 Å². The van der Waals surface area contributed by atoms with Gasteiger partial charge in [-0.25, -0.2) is 0 Å². The van der Waals surface area contributed by atoms with E-state index in [0.717, 1.165) is 24.6 Å².